The van der Waals surface area contributed by atoms with Gasteiger partial charge in [-0.1, -0.05) is 6.07 Å². The number of hydrogen-bond donors (Lipinski definition) is 2. The van der Waals surface area contributed by atoms with Gasteiger partial charge in [-0.15, -0.1) is 12.4 Å². The minimum absolute atomic E-state index is 0. The lowest BCUT2D eigenvalue weighted by atomic mass is 9.98. The van der Waals surface area contributed by atoms with Gasteiger partial charge in [-0.25, -0.2) is 4.68 Å². The zero-order valence-electron chi connectivity index (χ0n) is 16.0. The zero-order chi connectivity index (χ0) is 19.3. The summed E-state index contributed by atoms with van der Waals surface area (Å²) in [4.78, 5) is 21.2. The molecule has 0 radical (unpaired) electrons. The van der Waals surface area contributed by atoms with Gasteiger partial charge in [0.2, 0.25) is 5.95 Å². The molecule has 0 saturated carbocycles. The largest absolute Gasteiger partial charge is 0.457 e. The molecule has 0 spiro atoms. The van der Waals surface area contributed by atoms with Gasteiger partial charge in [-0.2, -0.15) is 10.1 Å². The summed E-state index contributed by atoms with van der Waals surface area (Å²) in [5.74, 6) is 2.54. The van der Waals surface area contributed by atoms with E-state index in [1.54, 1.807) is 60.5 Å². The SMILES string of the molecule is Cl.Cn1nc(C2CCNCC2)nc1NC(=O)c1cccc(Oc2ccncc2)c1. The third-order valence-corrected chi connectivity index (χ3v) is 4.69. The molecule has 9 heteroatoms. The van der Waals surface area contributed by atoms with Gasteiger partial charge in [0.15, 0.2) is 5.82 Å². The maximum Gasteiger partial charge on any atom is 0.258 e. The zero-order valence-corrected chi connectivity index (χ0v) is 16.9. The summed E-state index contributed by atoms with van der Waals surface area (Å²) in [6.45, 7) is 1.93. The lowest BCUT2D eigenvalue weighted by molar-refractivity contribution is 0.102. The van der Waals surface area contributed by atoms with E-state index in [4.69, 9.17) is 4.74 Å². The van der Waals surface area contributed by atoms with Crippen LogP contribution in [0.1, 0.15) is 34.9 Å². The molecule has 1 aliphatic rings. The summed E-state index contributed by atoms with van der Waals surface area (Å²) in [6, 6.07) is 10.5. The smallest absolute Gasteiger partial charge is 0.258 e. The Bertz CT molecular complexity index is 957. The van der Waals surface area contributed by atoms with Gasteiger partial charge in [0.25, 0.3) is 5.91 Å². The van der Waals surface area contributed by atoms with Gasteiger partial charge < -0.3 is 10.1 Å². The number of halogens is 1. The molecule has 1 aliphatic heterocycles. The van der Waals surface area contributed by atoms with E-state index in [1.807, 2.05) is 0 Å². The second-order valence-electron chi connectivity index (χ2n) is 6.71. The van der Waals surface area contributed by atoms with E-state index in [1.165, 1.54) is 0 Å². The van der Waals surface area contributed by atoms with E-state index >= 15 is 0 Å². The molecule has 0 atom stereocenters. The molecule has 3 aromatic rings. The van der Waals surface area contributed by atoms with E-state index in [-0.39, 0.29) is 18.3 Å². The fraction of sp³-hybridized carbons (Fsp3) is 0.300. The number of hydrogen-bond acceptors (Lipinski definition) is 6. The van der Waals surface area contributed by atoms with Crippen molar-refractivity contribution in [3.8, 4) is 11.5 Å². The van der Waals surface area contributed by atoms with Crippen LogP contribution in [0.2, 0.25) is 0 Å². The lowest BCUT2D eigenvalue weighted by Gasteiger charge is -2.19. The normalized spacial score (nSPS) is 14.1. The molecule has 2 N–H and O–H groups in total. The first-order chi connectivity index (χ1) is 13.7. The molecule has 0 bridgehead atoms. The lowest BCUT2D eigenvalue weighted by Crippen LogP contribution is -2.27. The number of nitrogens with zero attached hydrogens (tertiary/aromatic N) is 4. The summed E-state index contributed by atoms with van der Waals surface area (Å²) in [6.07, 6.45) is 5.32. The number of piperidine rings is 1. The summed E-state index contributed by atoms with van der Waals surface area (Å²) in [5.41, 5.74) is 0.484. The number of carbonyl (C=O) groups is 1. The van der Waals surface area contributed by atoms with Gasteiger partial charge in [0, 0.05) is 30.9 Å². The van der Waals surface area contributed by atoms with Crippen LogP contribution in [0.4, 0.5) is 5.95 Å². The second kappa shape index (κ2) is 9.49. The minimum Gasteiger partial charge on any atom is -0.457 e. The number of pyridine rings is 1. The molecule has 1 aromatic carbocycles. The highest BCUT2D eigenvalue weighted by Crippen LogP contribution is 2.24. The summed E-state index contributed by atoms with van der Waals surface area (Å²) < 4.78 is 7.39. The van der Waals surface area contributed by atoms with Crippen LogP contribution < -0.4 is 15.4 Å². The Morgan fingerprint density at radius 3 is 2.69 bits per heavy atom. The topological polar surface area (TPSA) is 94.0 Å². The molecule has 1 saturated heterocycles. The van der Waals surface area contributed by atoms with Crippen LogP contribution in [0.3, 0.4) is 0 Å². The predicted molar refractivity (Wildman–Crippen MR) is 112 cm³/mol. The number of rotatable bonds is 5. The van der Waals surface area contributed by atoms with E-state index in [9.17, 15) is 4.79 Å². The van der Waals surface area contributed by atoms with Crippen molar-refractivity contribution in [1.82, 2.24) is 25.1 Å². The molecule has 1 amide bonds. The van der Waals surface area contributed by atoms with Gasteiger partial charge in [-0.3, -0.25) is 15.1 Å². The first-order valence-electron chi connectivity index (χ1n) is 9.30. The number of benzene rings is 1. The highest BCUT2D eigenvalue weighted by atomic mass is 35.5. The minimum atomic E-state index is -0.257. The number of aromatic nitrogens is 4. The molecule has 152 valence electrons. The van der Waals surface area contributed by atoms with Crippen LogP contribution in [0.5, 0.6) is 11.5 Å². The molecular formula is C20H23ClN6O2. The molecule has 29 heavy (non-hydrogen) atoms. The van der Waals surface area contributed by atoms with Crippen LogP contribution in [-0.4, -0.2) is 38.7 Å². The average molecular weight is 415 g/mol. The molecular weight excluding hydrogens is 392 g/mol. The molecule has 8 nitrogen and oxygen atoms in total. The predicted octanol–water partition coefficient (Wildman–Crippen LogP) is 3.14. The van der Waals surface area contributed by atoms with E-state index in [0.717, 1.165) is 31.8 Å². The Kier molecular flexibility index (Phi) is 6.79. The highest BCUT2D eigenvalue weighted by Gasteiger charge is 2.21. The first-order valence-corrected chi connectivity index (χ1v) is 9.30. The van der Waals surface area contributed by atoms with E-state index in [2.05, 4.69) is 25.7 Å². The maximum absolute atomic E-state index is 12.7. The standard InChI is InChI=1S/C20H22N6O2.ClH/c1-26-20(23-18(25-26)14-5-9-21-10-6-14)24-19(27)15-3-2-4-17(13-15)28-16-7-11-22-12-8-16;/h2-4,7-8,11-14,21H,5-6,9-10H2,1H3,(H,23,24,25,27);1H. The van der Waals surface area contributed by atoms with Crippen molar-refractivity contribution in [2.45, 2.75) is 18.8 Å². The fourth-order valence-corrected chi connectivity index (χ4v) is 3.18. The van der Waals surface area contributed by atoms with E-state index < -0.39 is 0 Å². The number of ether oxygens (including phenoxy) is 1. The second-order valence-corrected chi connectivity index (χ2v) is 6.71. The van der Waals surface area contributed by atoms with Crippen LogP contribution >= 0.6 is 12.4 Å². The molecule has 1 fully saturated rings. The van der Waals surface area contributed by atoms with Gasteiger partial charge in [0.1, 0.15) is 11.5 Å². The summed E-state index contributed by atoms with van der Waals surface area (Å²) in [5, 5.41) is 10.7. The van der Waals surface area contributed by atoms with Crippen molar-refractivity contribution >= 4 is 24.3 Å². The van der Waals surface area contributed by atoms with Crippen LogP contribution in [0.25, 0.3) is 0 Å². The van der Waals surface area contributed by atoms with Crippen molar-refractivity contribution in [1.29, 1.82) is 0 Å². The molecule has 2 aromatic heterocycles. The summed E-state index contributed by atoms with van der Waals surface area (Å²) in [7, 11) is 1.79. The molecule has 4 rings (SSSR count). The Morgan fingerprint density at radius 1 is 1.17 bits per heavy atom. The Hall–Kier alpha value is -2.97. The Balaban J connectivity index is 0.00000240. The Morgan fingerprint density at radius 2 is 1.93 bits per heavy atom. The first kappa shape index (κ1) is 20.8. The summed E-state index contributed by atoms with van der Waals surface area (Å²) >= 11 is 0. The van der Waals surface area contributed by atoms with Crippen molar-refractivity contribution in [2.24, 2.45) is 7.05 Å². The number of anilines is 1. The van der Waals surface area contributed by atoms with Crippen molar-refractivity contribution in [3.63, 3.8) is 0 Å². The third kappa shape index (κ3) is 5.10. The highest BCUT2D eigenvalue weighted by molar-refractivity contribution is 6.03. The Labute approximate surface area is 175 Å². The van der Waals surface area contributed by atoms with Crippen LogP contribution in [0, 0.1) is 0 Å². The van der Waals surface area contributed by atoms with Gasteiger partial charge in [0.05, 0.1) is 0 Å². The fourth-order valence-electron chi connectivity index (χ4n) is 3.18. The number of aryl methyl sites for hydroxylation is 1. The van der Waals surface area contributed by atoms with Gasteiger partial charge in [-0.05, 0) is 56.3 Å². The van der Waals surface area contributed by atoms with E-state index in [0.29, 0.717) is 28.9 Å². The average Bonchev–Trinajstić information content (AvgIpc) is 3.10. The van der Waals surface area contributed by atoms with Crippen LogP contribution in [-0.2, 0) is 7.05 Å². The number of carbonyl (C=O) groups excluding carboxylic acids is 1. The quantitative estimate of drug-likeness (QED) is 0.666. The maximum atomic E-state index is 12.7. The van der Waals surface area contributed by atoms with Crippen LogP contribution in [0.15, 0.2) is 48.8 Å². The molecule has 0 aliphatic carbocycles. The molecule has 3 heterocycles. The van der Waals surface area contributed by atoms with Gasteiger partial charge >= 0.3 is 0 Å². The van der Waals surface area contributed by atoms with Crippen molar-refractivity contribution in [3.05, 3.63) is 60.2 Å². The monoisotopic (exact) mass is 414 g/mol. The third-order valence-electron chi connectivity index (χ3n) is 4.69. The van der Waals surface area contributed by atoms with Crippen molar-refractivity contribution in [2.75, 3.05) is 18.4 Å². The number of amides is 1. The number of nitrogens with one attached hydrogen (secondary N) is 2. The molecule has 0 unspecified atom stereocenters. The van der Waals surface area contributed by atoms with Crippen molar-refractivity contribution < 1.29 is 9.53 Å².